The lowest BCUT2D eigenvalue weighted by Gasteiger charge is -2.15. The van der Waals surface area contributed by atoms with Crippen molar-refractivity contribution in [3.05, 3.63) is 75.3 Å². The number of halogens is 1. The van der Waals surface area contributed by atoms with E-state index in [2.05, 4.69) is 13.5 Å². The van der Waals surface area contributed by atoms with Crippen molar-refractivity contribution in [2.75, 3.05) is 7.11 Å². The Hall–Kier alpha value is -2.06. The minimum Gasteiger partial charge on any atom is -0.465 e. The van der Waals surface area contributed by atoms with Gasteiger partial charge < -0.3 is 4.74 Å². The predicted octanol–water partition coefficient (Wildman–Crippen LogP) is 4.98. The molecule has 0 saturated carbocycles. The number of hydrogen-bond donors (Lipinski definition) is 0. The maximum absolute atomic E-state index is 12.0. The van der Waals surface area contributed by atoms with Crippen LogP contribution in [0.2, 0.25) is 5.02 Å². The Bertz CT molecular complexity index is 715. The molecule has 0 unspecified atom stereocenters. The Kier molecular flexibility index (Phi) is 5.04. The van der Waals surface area contributed by atoms with E-state index in [0.717, 1.165) is 34.2 Å². The molecule has 0 aliphatic rings. The normalized spacial score (nSPS) is 10.4. The van der Waals surface area contributed by atoms with Gasteiger partial charge in [0, 0.05) is 5.02 Å². The summed E-state index contributed by atoms with van der Waals surface area (Å²) in [5.74, 6) is -0.338. The first-order valence-electron chi connectivity index (χ1n) is 7.06. The number of hydrogen-bond acceptors (Lipinski definition) is 2. The molecule has 0 atom stereocenters. The van der Waals surface area contributed by atoms with Crippen molar-refractivity contribution in [1.82, 2.24) is 0 Å². The summed E-state index contributed by atoms with van der Waals surface area (Å²) in [6, 6.07) is 9.64. The first kappa shape index (κ1) is 16.3. The van der Waals surface area contributed by atoms with E-state index in [4.69, 9.17) is 16.3 Å². The zero-order valence-electron chi connectivity index (χ0n) is 13.1. The maximum atomic E-state index is 12.0. The second-order valence-corrected chi connectivity index (χ2v) is 5.68. The van der Waals surface area contributed by atoms with Crippen molar-refractivity contribution in [1.29, 1.82) is 0 Å². The highest BCUT2D eigenvalue weighted by molar-refractivity contribution is 6.30. The van der Waals surface area contributed by atoms with Crippen molar-refractivity contribution in [3.63, 3.8) is 0 Å². The van der Waals surface area contributed by atoms with Gasteiger partial charge in [-0.2, -0.15) is 0 Å². The molecule has 2 aromatic carbocycles. The van der Waals surface area contributed by atoms with Crippen molar-refractivity contribution >= 4 is 23.6 Å². The van der Waals surface area contributed by atoms with Crippen LogP contribution in [0.3, 0.4) is 0 Å². The summed E-state index contributed by atoms with van der Waals surface area (Å²) >= 11 is 5.92. The number of benzene rings is 2. The third-order valence-corrected chi connectivity index (χ3v) is 4.23. The summed E-state index contributed by atoms with van der Waals surface area (Å²) in [4.78, 5) is 12.0. The molecule has 0 N–H and O–H groups in total. The van der Waals surface area contributed by atoms with Crippen LogP contribution in [0, 0.1) is 13.8 Å². The smallest absolute Gasteiger partial charge is 0.338 e. The van der Waals surface area contributed by atoms with Crippen LogP contribution in [0.1, 0.15) is 38.2 Å². The fraction of sp³-hybridized carbons (Fsp3) is 0.211. The molecule has 0 aliphatic carbocycles. The van der Waals surface area contributed by atoms with Gasteiger partial charge in [0.15, 0.2) is 0 Å². The molecule has 3 heteroatoms. The molecule has 0 aromatic heterocycles. The molecule has 22 heavy (non-hydrogen) atoms. The highest BCUT2D eigenvalue weighted by atomic mass is 35.5. The van der Waals surface area contributed by atoms with Gasteiger partial charge in [0.05, 0.1) is 12.7 Å². The van der Waals surface area contributed by atoms with Gasteiger partial charge >= 0.3 is 5.97 Å². The van der Waals surface area contributed by atoms with E-state index in [1.165, 1.54) is 7.11 Å². The Morgan fingerprint density at radius 3 is 2.41 bits per heavy atom. The summed E-state index contributed by atoms with van der Waals surface area (Å²) in [6.45, 7) is 7.88. The van der Waals surface area contributed by atoms with Crippen LogP contribution >= 0.6 is 11.6 Å². The van der Waals surface area contributed by atoms with Gasteiger partial charge in [-0.25, -0.2) is 4.79 Å². The van der Waals surface area contributed by atoms with E-state index in [1.54, 1.807) is 6.08 Å². The van der Waals surface area contributed by atoms with Crippen LogP contribution < -0.4 is 0 Å². The van der Waals surface area contributed by atoms with Crippen LogP contribution in [0.5, 0.6) is 0 Å². The zero-order chi connectivity index (χ0) is 16.3. The van der Waals surface area contributed by atoms with Crippen LogP contribution in [0.4, 0.5) is 0 Å². The zero-order valence-corrected chi connectivity index (χ0v) is 13.8. The van der Waals surface area contributed by atoms with Gasteiger partial charge in [-0.05, 0) is 66.3 Å². The van der Waals surface area contributed by atoms with Gasteiger partial charge in [0.25, 0.3) is 0 Å². The number of ether oxygens (including phenoxy) is 1. The van der Waals surface area contributed by atoms with Gasteiger partial charge in [0.1, 0.15) is 0 Å². The molecular formula is C19H19ClO2. The van der Waals surface area contributed by atoms with Gasteiger partial charge in [-0.3, -0.25) is 0 Å². The van der Waals surface area contributed by atoms with Gasteiger partial charge in [0.2, 0.25) is 0 Å². The molecule has 0 saturated heterocycles. The molecule has 0 aliphatic heterocycles. The fourth-order valence-electron chi connectivity index (χ4n) is 2.55. The van der Waals surface area contributed by atoms with E-state index in [0.29, 0.717) is 10.6 Å². The van der Waals surface area contributed by atoms with E-state index in [-0.39, 0.29) is 5.97 Å². The first-order chi connectivity index (χ1) is 10.5. The molecular weight excluding hydrogens is 296 g/mol. The summed E-state index contributed by atoms with van der Waals surface area (Å²) in [5, 5.41) is 0.717. The topological polar surface area (TPSA) is 26.3 Å². The highest BCUT2D eigenvalue weighted by Gasteiger charge is 2.16. The van der Waals surface area contributed by atoms with Crippen LogP contribution in [0.15, 0.2) is 36.9 Å². The third-order valence-electron chi connectivity index (χ3n) is 3.97. The molecule has 2 nitrogen and oxygen atoms in total. The molecule has 114 valence electrons. The maximum Gasteiger partial charge on any atom is 0.338 e. The number of rotatable bonds is 4. The summed E-state index contributed by atoms with van der Waals surface area (Å²) in [7, 11) is 1.39. The number of methoxy groups -OCH3 is 1. The largest absolute Gasteiger partial charge is 0.465 e. The van der Waals surface area contributed by atoms with Crippen molar-refractivity contribution in [2.45, 2.75) is 20.3 Å². The van der Waals surface area contributed by atoms with Crippen molar-refractivity contribution < 1.29 is 9.53 Å². The Balaban J connectivity index is 2.51. The number of esters is 1. The van der Waals surface area contributed by atoms with E-state index in [9.17, 15) is 4.79 Å². The van der Waals surface area contributed by atoms with Crippen molar-refractivity contribution in [2.24, 2.45) is 0 Å². The highest BCUT2D eigenvalue weighted by Crippen LogP contribution is 2.26. The Morgan fingerprint density at radius 2 is 1.86 bits per heavy atom. The summed E-state index contributed by atoms with van der Waals surface area (Å²) < 4.78 is 4.89. The quantitative estimate of drug-likeness (QED) is 0.744. The second kappa shape index (κ2) is 6.80. The van der Waals surface area contributed by atoms with Crippen LogP contribution in [-0.4, -0.2) is 13.1 Å². The molecule has 0 fully saturated rings. The molecule has 0 bridgehead atoms. The number of carbonyl (C=O) groups excluding carboxylic acids is 1. The lowest BCUT2D eigenvalue weighted by molar-refractivity contribution is 0.0600. The minimum atomic E-state index is -0.338. The lowest BCUT2D eigenvalue weighted by atomic mass is 9.90. The molecule has 0 radical (unpaired) electrons. The van der Waals surface area contributed by atoms with Crippen molar-refractivity contribution in [3.8, 4) is 0 Å². The molecule has 0 heterocycles. The minimum absolute atomic E-state index is 0.338. The Labute approximate surface area is 136 Å². The molecule has 2 rings (SSSR count). The average molecular weight is 315 g/mol. The molecule has 0 amide bonds. The number of carbonyl (C=O) groups is 1. The van der Waals surface area contributed by atoms with Gasteiger partial charge in [-0.15, -0.1) is 0 Å². The first-order valence-corrected chi connectivity index (χ1v) is 7.44. The fourth-order valence-corrected chi connectivity index (χ4v) is 2.68. The second-order valence-electron chi connectivity index (χ2n) is 5.25. The van der Waals surface area contributed by atoms with Crippen LogP contribution in [-0.2, 0) is 11.2 Å². The standard InChI is InChI=1S/C19H19ClO2/c1-5-17-13(3)12(2)15(11-18(17)19(21)22-4)10-14-6-8-16(20)9-7-14/h5-9,11H,1,10H2,2-4H3. The summed E-state index contributed by atoms with van der Waals surface area (Å²) in [6.07, 6.45) is 2.45. The average Bonchev–Trinajstić information content (AvgIpc) is 2.53. The van der Waals surface area contributed by atoms with E-state index >= 15 is 0 Å². The molecule has 2 aromatic rings. The monoisotopic (exact) mass is 314 g/mol. The summed E-state index contributed by atoms with van der Waals surface area (Å²) in [5.41, 5.74) is 5.87. The van der Waals surface area contributed by atoms with Crippen LogP contribution in [0.25, 0.3) is 6.08 Å². The van der Waals surface area contributed by atoms with Gasteiger partial charge in [-0.1, -0.05) is 36.4 Å². The Morgan fingerprint density at radius 1 is 1.23 bits per heavy atom. The SMILES string of the molecule is C=Cc1c(C(=O)OC)cc(Cc2ccc(Cl)cc2)c(C)c1C. The third kappa shape index (κ3) is 3.23. The van der Waals surface area contributed by atoms with E-state index in [1.807, 2.05) is 37.3 Å². The molecule has 0 spiro atoms. The predicted molar refractivity (Wildman–Crippen MR) is 91.6 cm³/mol. The lowest BCUT2D eigenvalue weighted by Crippen LogP contribution is -2.08. The van der Waals surface area contributed by atoms with E-state index < -0.39 is 0 Å².